The Hall–Kier alpha value is -1.18. The van der Waals surface area contributed by atoms with Gasteiger partial charge in [0.1, 0.15) is 6.04 Å². The molecule has 2 saturated heterocycles. The number of hydrogen-bond acceptors (Lipinski definition) is 5. The number of piperidine rings is 1. The fourth-order valence-electron chi connectivity index (χ4n) is 3.59. The van der Waals surface area contributed by atoms with Crippen molar-refractivity contribution in [3.8, 4) is 0 Å². The Morgan fingerprint density at radius 2 is 1.92 bits per heavy atom. The minimum absolute atomic E-state index is 0.0385. The Morgan fingerprint density at radius 1 is 1.29 bits per heavy atom. The number of amides is 1. The highest BCUT2D eigenvalue weighted by atomic mass is 16.5. The van der Waals surface area contributed by atoms with Crippen LogP contribution in [0.3, 0.4) is 0 Å². The van der Waals surface area contributed by atoms with Gasteiger partial charge in [-0.3, -0.25) is 14.5 Å². The summed E-state index contributed by atoms with van der Waals surface area (Å²) in [6.45, 7) is 7.65. The second kappa shape index (κ2) is 7.80. The van der Waals surface area contributed by atoms with E-state index in [1.807, 2.05) is 20.8 Å². The number of aliphatic carboxylic acids is 1. The molecule has 2 atom stereocenters. The van der Waals surface area contributed by atoms with Gasteiger partial charge in [-0.25, -0.2) is 0 Å². The number of ether oxygens (including phenoxy) is 1. The van der Waals surface area contributed by atoms with E-state index >= 15 is 0 Å². The van der Waals surface area contributed by atoms with E-state index in [1.54, 1.807) is 9.80 Å². The minimum atomic E-state index is -0.955. The zero-order valence-corrected chi connectivity index (χ0v) is 14.9. The molecule has 0 spiro atoms. The molecule has 0 saturated carbocycles. The number of carboxylic acid groups (broad SMARTS) is 1. The molecule has 2 rings (SSSR count). The molecule has 2 aliphatic heterocycles. The van der Waals surface area contributed by atoms with Gasteiger partial charge in [0.25, 0.3) is 0 Å². The average Bonchev–Trinajstić information content (AvgIpc) is 2.53. The van der Waals surface area contributed by atoms with E-state index < -0.39 is 17.6 Å². The van der Waals surface area contributed by atoms with Crippen molar-refractivity contribution in [3.63, 3.8) is 0 Å². The molecule has 7 heteroatoms. The topological polar surface area (TPSA) is 90.3 Å². The summed E-state index contributed by atoms with van der Waals surface area (Å²) in [5.41, 5.74) is -0.454. The van der Waals surface area contributed by atoms with Gasteiger partial charge in [-0.15, -0.1) is 0 Å². The molecule has 0 aliphatic carbocycles. The van der Waals surface area contributed by atoms with Gasteiger partial charge < -0.3 is 19.8 Å². The monoisotopic (exact) mass is 342 g/mol. The Labute approximate surface area is 143 Å². The van der Waals surface area contributed by atoms with E-state index in [2.05, 4.69) is 0 Å². The van der Waals surface area contributed by atoms with E-state index in [0.717, 1.165) is 19.3 Å². The van der Waals surface area contributed by atoms with Crippen LogP contribution in [0.1, 0.15) is 40.0 Å². The summed E-state index contributed by atoms with van der Waals surface area (Å²) in [5.74, 6) is -0.736. The smallest absolute Gasteiger partial charge is 0.323 e. The van der Waals surface area contributed by atoms with Crippen LogP contribution in [0.15, 0.2) is 0 Å². The molecule has 138 valence electrons. The fraction of sp³-hybridized carbons (Fsp3) is 0.882. The molecule has 24 heavy (non-hydrogen) atoms. The number of likely N-dealkylation sites (tertiary alicyclic amines) is 1. The minimum Gasteiger partial charge on any atom is -0.480 e. The first-order chi connectivity index (χ1) is 11.2. The molecule has 7 nitrogen and oxygen atoms in total. The van der Waals surface area contributed by atoms with Gasteiger partial charge in [-0.2, -0.15) is 0 Å². The lowest BCUT2D eigenvalue weighted by molar-refractivity contribution is -0.165. The zero-order valence-electron chi connectivity index (χ0n) is 14.9. The molecule has 2 aliphatic rings. The fourth-order valence-corrected chi connectivity index (χ4v) is 3.59. The van der Waals surface area contributed by atoms with Gasteiger partial charge in [0.2, 0.25) is 5.91 Å². The van der Waals surface area contributed by atoms with Crippen LogP contribution in [0, 0.1) is 5.92 Å². The maximum atomic E-state index is 12.6. The molecule has 2 heterocycles. The third-order valence-electron chi connectivity index (χ3n) is 5.13. The molecule has 2 unspecified atom stereocenters. The number of carbonyl (C=O) groups excluding carboxylic acids is 1. The molecular formula is C17H30N2O5. The van der Waals surface area contributed by atoms with E-state index in [4.69, 9.17) is 4.74 Å². The van der Waals surface area contributed by atoms with E-state index in [9.17, 15) is 19.8 Å². The summed E-state index contributed by atoms with van der Waals surface area (Å²) in [6.07, 6.45) is 2.05. The van der Waals surface area contributed by atoms with Crippen molar-refractivity contribution in [1.82, 2.24) is 9.80 Å². The van der Waals surface area contributed by atoms with Crippen LogP contribution in [0.5, 0.6) is 0 Å². The predicted molar refractivity (Wildman–Crippen MR) is 88.6 cm³/mol. The molecule has 2 N–H and O–H groups in total. The SMILES string of the molecule is CCC(O)C1CCN(C(=O)CN2CC(C)(C)OCC2C(=O)O)CC1. The lowest BCUT2D eigenvalue weighted by atomic mass is 9.90. The summed E-state index contributed by atoms with van der Waals surface area (Å²) in [5, 5.41) is 19.3. The number of morpholine rings is 1. The van der Waals surface area contributed by atoms with Crippen LogP contribution in [-0.2, 0) is 14.3 Å². The lowest BCUT2D eigenvalue weighted by Crippen LogP contribution is -2.59. The largest absolute Gasteiger partial charge is 0.480 e. The Bertz CT molecular complexity index is 460. The Kier molecular flexibility index (Phi) is 6.22. The number of aliphatic hydroxyl groups excluding tert-OH is 1. The number of hydrogen-bond donors (Lipinski definition) is 2. The van der Waals surface area contributed by atoms with Crippen molar-refractivity contribution in [1.29, 1.82) is 0 Å². The molecule has 0 radical (unpaired) electrons. The number of rotatable bonds is 5. The average molecular weight is 342 g/mol. The molecule has 2 fully saturated rings. The maximum absolute atomic E-state index is 12.6. The van der Waals surface area contributed by atoms with E-state index in [0.29, 0.717) is 19.6 Å². The highest BCUT2D eigenvalue weighted by Crippen LogP contribution is 2.24. The van der Waals surface area contributed by atoms with Crippen molar-refractivity contribution in [2.75, 3.05) is 32.8 Å². The summed E-state index contributed by atoms with van der Waals surface area (Å²) in [6, 6.07) is -0.776. The predicted octanol–water partition coefficient (Wildman–Crippen LogP) is 0.560. The molecule has 1 amide bonds. The summed E-state index contributed by atoms with van der Waals surface area (Å²) >= 11 is 0. The van der Waals surface area contributed by atoms with Crippen LogP contribution >= 0.6 is 0 Å². The van der Waals surface area contributed by atoms with Gasteiger partial charge in [-0.05, 0) is 39.0 Å². The first-order valence-corrected chi connectivity index (χ1v) is 8.80. The zero-order chi connectivity index (χ0) is 17.9. The van der Waals surface area contributed by atoms with Gasteiger partial charge in [0, 0.05) is 19.6 Å². The third-order valence-corrected chi connectivity index (χ3v) is 5.13. The van der Waals surface area contributed by atoms with Gasteiger partial charge in [0.05, 0.1) is 24.9 Å². The summed E-state index contributed by atoms with van der Waals surface area (Å²) in [4.78, 5) is 27.5. The highest BCUT2D eigenvalue weighted by molar-refractivity contribution is 5.80. The molecule has 0 aromatic rings. The lowest BCUT2D eigenvalue weighted by Gasteiger charge is -2.42. The van der Waals surface area contributed by atoms with Crippen molar-refractivity contribution < 1.29 is 24.5 Å². The third kappa shape index (κ3) is 4.68. The quantitative estimate of drug-likeness (QED) is 0.759. The van der Waals surface area contributed by atoms with E-state index in [1.165, 1.54) is 0 Å². The van der Waals surface area contributed by atoms with Crippen molar-refractivity contribution in [2.45, 2.75) is 57.8 Å². The van der Waals surface area contributed by atoms with Crippen LogP contribution in [-0.4, -0.2) is 82.4 Å². The first-order valence-electron chi connectivity index (χ1n) is 8.80. The van der Waals surface area contributed by atoms with Crippen molar-refractivity contribution in [2.24, 2.45) is 5.92 Å². The standard InChI is InChI=1S/C17H30N2O5/c1-4-14(20)12-5-7-18(8-6-12)15(21)9-19-11-17(2,3)24-10-13(19)16(22)23/h12-14,20H,4-11H2,1-3H3,(H,22,23). The molecule has 0 aromatic carbocycles. The number of nitrogens with zero attached hydrogens (tertiary/aromatic N) is 2. The molecule has 0 bridgehead atoms. The Morgan fingerprint density at radius 3 is 2.46 bits per heavy atom. The van der Waals surface area contributed by atoms with Crippen LogP contribution in [0.2, 0.25) is 0 Å². The van der Waals surface area contributed by atoms with Crippen LogP contribution < -0.4 is 0 Å². The van der Waals surface area contributed by atoms with Crippen LogP contribution in [0.25, 0.3) is 0 Å². The molecule has 0 aromatic heterocycles. The number of carboxylic acids is 1. The van der Waals surface area contributed by atoms with E-state index in [-0.39, 0.29) is 31.1 Å². The van der Waals surface area contributed by atoms with Gasteiger partial charge in [-0.1, -0.05) is 6.92 Å². The first kappa shape index (κ1) is 19.1. The Balaban J connectivity index is 1.92. The van der Waals surface area contributed by atoms with Crippen molar-refractivity contribution >= 4 is 11.9 Å². The van der Waals surface area contributed by atoms with Crippen LogP contribution in [0.4, 0.5) is 0 Å². The normalized spacial score (nSPS) is 27.0. The van der Waals surface area contributed by atoms with Gasteiger partial charge >= 0.3 is 5.97 Å². The van der Waals surface area contributed by atoms with Gasteiger partial charge in [0.15, 0.2) is 0 Å². The summed E-state index contributed by atoms with van der Waals surface area (Å²) in [7, 11) is 0. The summed E-state index contributed by atoms with van der Waals surface area (Å²) < 4.78 is 5.57. The second-order valence-electron chi connectivity index (χ2n) is 7.52. The number of carbonyl (C=O) groups is 2. The van der Waals surface area contributed by atoms with Crippen molar-refractivity contribution in [3.05, 3.63) is 0 Å². The molecular weight excluding hydrogens is 312 g/mol. The number of aliphatic hydroxyl groups is 1. The second-order valence-corrected chi connectivity index (χ2v) is 7.52. The maximum Gasteiger partial charge on any atom is 0.323 e. The highest BCUT2D eigenvalue weighted by Gasteiger charge is 2.39.